The van der Waals surface area contributed by atoms with Crippen LogP contribution in [0.4, 0.5) is 5.69 Å². The number of ether oxygens (including phenoxy) is 1. The lowest BCUT2D eigenvalue weighted by Crippen LogP contribution is -2.40. The molecule has 1 fully saturated rings. The van der Waals surface area contributed by atoms with E-state index in [-0.39, 0.29) is 12.0 Å². The Morgan fingerprint density at radius 3 is 2.59 bits per heavy atom. The topological polar surface area (TPSA) is 44.8 Å². The summed E-state index contributed by atoms with van der Waals surface area (Å²) in [5.74, 6) is -0.0389. The molecular formula is C29H33N3O2. The van der Waals surface area contributed by atoms with E-state index in [4.69, 9.17) is 4.74 Å². The molecule has 2 heterocycles. The highest BCUT2D eigenvalue weighted by Gasteiger charge is 2.18. The number of fused-ring (bicyclic) bond motifs is 1. The first kappa shape index (κ1) is 22.6. The van der Waals surface area contributed by atoms with Crippen LogP contribution in [0.1, 0.15) is 39.5 Å². The number of nitrogens with one attached hydrogen (secondary N) is 1. The molecule has 0 saturated carbocycles. The molecule has 1 unspecified atom stereocenters. The molecule has 0 aliphatic carbocycles. The summed E-state index contributed by atoms with van der Waals surface area (Å²) in [7, 11) is 0. The first-order chi connectivity index (χ1) is 16.6. The van der Waals surface area contributed by atoms with Gasteiger partial charge in [0.2, 0.25) is 0 Å². The van der Waals surface area contributed by atoms with E-state index in [9.17, 15) is 4.79 Å². The largest absolute Gasteiger partial charge is 0.376 e. The molecule has 5 rings (SSSR count). The van der Waals surface area contributed by atoms with Crippen LogP contribution in [0, 0.1) is 0 Å². The second kappa shape index (κ2) is 10.4. The minimum Gasteiger partial charge on any atom is -0.376 e. The van der Waals surface area contributed by atoms with Gasteiger partial charge in [0, 0.05) is 50.5 Å². The Hall–Kier alpha value is -3.15. The van der Waals surface area contributed by atoms with Crippen LogP contribution in [-0.2, 0) is 30.8 Å². The molecule has 0 aromatic heterocycles. The van der Waals surface area contributed by atoms with Crippen molar-refractivity contribution in [3.05, 3.63) is 101 Å². The van der Waals surface area contributed by atoms with E-state index in [0.29, 0.717) is 12.1 Å². The van der Waals surface area contributed by atoms with E-state index in [0.717, 1.165) is 57.0 Å². The molecule has 5 nitrogen and oxygen atoms in total. The molecule has 1 atom stereocenters. The van der Waals surface area contributed by atoms with Crippen LogP contribution in [0.15, 0.2) is 72.8 Å². The molecule has 1 amide bonds. The predicted octanol–water partition coefficient (Wildman–Crippen LogP) is 4.40. The van der Waals surface area contributed by atoms with E-state index in [2.05, 4.69) is 82.7 Å². The third-order valence-electron chi connectivity index (χ3n) is 6.80. The van der Waals surface area contributed by atoms with Crippen LogP contribution in [0.2, 0.25) is 0 Å². The zero-order valence-electron chi connectivity index (χ0n) is 19.9. The normalized spacial score (nSPS) is 18.4. The van der Waals surface area contributed by atoms with Gasteiger partial charge < -0.3 is 15.0 Å². The van der Waals surface area contributed by atoms with Crippen LogP contribution >= 0.6 is 0 Å². The van der Waals surface area contributed by atoms with Gasteiger partial charge in [0.05, 0.1) is 12.7 Å². The summed E-state index contributed by atoms with van der Waals surface area (Å²) < 4.78 is 5.64. The van der Waals surface area contributed by atoms with Gasteiger partial charge in [-0.05, 0) is 59.9 Å². The number of carbonyl (C=O) groups is 1. The summed E-state index contributed by atoms with van der Waals surface area (Å²) in [5.41, 5.74) is 7.08. The van der Waals surface area contributed by atoms with E-state index >= 15 is 0 Å². The molecule has 5 heteroatoms. The summed E-state index contributed by atoms with van der Waals surface area (Å²) in [4.78, 5) is 17.6. The lowest BCUT2D eigenvalue weighted by atomic mass is 9.99. The molecular weight excluding hydrogens is 422 g/mol. The monoisotopic (exact) mass is 455 g/mol. The van der Waals surface area contributed by atoms with Crippen molar-refractivity contribution in [1.29, 1.82) is 0 Å². The SMILES string of the molecule is CC1CN(Cc2cccc(CNC(=O)c3ccc(N4CCc5ccccc5C4)cc3)c2)CCO1. The molecule has 2 aliphatic heterocycles. The van der Waals surface area contributed by atoms with E-state index in [1.807, 2.05) is 12.1 Å². The Morgan fingerprint density at radius 1 is 0.971 bits per heavy atom. The molecule has 2 aliphatic rings. The van der Waals surface area contributed by atoms with Gasteiger partial charge in [-0.2, -0.15) is 0 Å². The maximum atomic E-state index is 12.8. The first-order valence-corrected chi connectivity index (χ1v) is 12.3. The number of hydrogen-bond acceptors (Lipinski definition) is 4. The number of nitrogens with zero attached hydrogens (tertiary/aromatic N) is 2. The van der Waals surface area contributed by atoms with Gasteiger partial charge in [-0.25, -0.2) is 0 Å². The van der Waals surface area contributed by atoms with Crippen molar-refractivity contribution >= 4 is 11.6 Å². The smallest absolute Gasteiger partial charge is 0.251 e. The van der Waals surface area contributed by atoms with Gasteiger partial charge in [-0.3, -0.25) is 9.69 Å². The quantitative estimate of drug-likeness (QED) is 0.598. The average Bonchev–Trinajstić information content (AvgIpc) is 2.87. The molecule has 3 aromatic rings. The summed E-state index contributed by atoms with van der Waals surface area (Å²) in [6, 6.07) is 25.1. The van der Waals surface area contributed by atoms with Crippen molar-refractivity contribution in [2.75, 3.05) is 31.1 Å². The zero-order chi connectivity index (χ0) is 23.3. The maximum Gasteiger partial charge on any atom is 0.251 e. The van der Waals surface area contributed by atoms with E-state index in [1.165, 1.54) is 16.7 Å². The Balaban J connectivity index is 1.15. The number of carbonyl (C=O) groups excluding carboxylic acids is 1. The minimum absolute atomic E-state index is 0.0389. The molecule has 0 spiro atoms. The number of benzene rings is 3. The first-order valence-electron chi connectivity index (χ1n) is 12.3. The summed E-state index contributed by atoms with van der Waals surface area (Å²) in [5, 5.41) is 3.08. The standard InChI is InChI=1S/C29H33N3O2/c1-22-19-31(15-16-34-22)20-24-6-4-5-23(17-24)18-30-29(33)26-9-11-28(12-10-26)32-14-13-25-7-2-3-8-27(25)21-32/h2-12,17,22H,13-16,18-21H2,1H3,(H,30,33). The number of amides is 1. The van der Waals surface area contributed by atoms with Crippen LogP contribution in [0.25, 0.3) is 0 Å². The lowest BCUT2D eigenvalue weighted by molar-refractivity contribution is -0.0212. The Bertz CT molecular complexity index is 1130. The van der Waals surface area contributed by atoms with Crippen LogP contribution in [-0.4, -0.2) is 43.2 Å². The molecule has 176 valence electrons. The second-order valence-corrected chi connectivity index (χ2v) is 9.41. The molecule has 1 N–H and O–H groups in total. The maximum absolute atomic E-state index is 12.8. The fourth-order valence-electron chi connectivity index (χ4n) is 4.95. The number of rotatable bonds is 6. The van der Waals surface area contributed by atoms with Crippen molar-refractivity contribution in [3.8, 4) is 0 Å². The molecule has 3 aromatic carbocycles. The number of morpholine rings is 1. The number of hydrogen-bond donors (Lipinski definition) is 1. The van der Waals surface area contributed by atoms with Gasteiger partial charge in [0.25, 0.3) is 5.91 Å². The molecule has 1 saturated heterocycles. The van der Waals surface area contributed by atoms with E-state index < -0.39 is 0 Å². The van der Waals surface area contributed by atoms with Crippen LogP contribution in [0.5, 0.6) is 0 Å². The van der Waals surface area contributed by atoms with Crippen molar-refractivity contribution in [2.45, 2.75) is 39.1 Å². The fourth-order valence-corrected chi connectivity index (χ4v) is 4.95. The van der Waals surface area contributed by atoms with Crippen molar-refractivity contribution in [3.63, 3.8) is 0 Å². The van der Waals surface area contributed by atoms with Crippen molar-refractivity contribution < 1.29 is 9.53 Å². The highest BCUT2D eigenvalue weighted by atomic mass is 16.5. The minimum atomic E-state index is -0.0389. The summed E-state index contributed by atoms with van der Waals surface area (Å²) >= 11 is 0. The van der Waals surface area contributed by atoms with Gasteiger partial charge in [-0.15, -0.1) is 0 Å². The second-order valence-electron chi connectivity index (χ2n) is 9.41. The van der Waals surface area contributed by atoms with Crippen LogP contribution < -0.4 is 10.2 Å². The van der Waals surface area contributed by atoms with Gasteiger partial charge >= 0.3 is 0 Å². The Kier molecular flexibility index (Phi) is 6.93. The lowest BCUT2D eigenvalue weighted by Gasteiger charge is -2.31. The Morgan fingerprint density at radius 2 is 1.76 bits per heavy atom. The molecule has 34 heavy (non-hydrogen) atoms. The predicted molar refractivity (Wildman–Crippen MR) is 136 cm³/mol. The highest BCUT2D eigenvalue weighted by molar-refractivity contribution is 5.94. The third-order valence-corrected chi connectivity index (χ3v) is 6.80. The van der Waals surface area contributed by atoms with Crippen LogP contribution in [0.3, 0.4) is 0 Å². The van der Waals surface area contributed by atoms with Gasteiger partial charge in [0.1, 0.15) is 0 Å². The average molecular weight is 456 g/mol. The van der Waals surface area contributed by atoms with Gasteiger partial charge in [-0.1, -0.05) is 48.5 Å². The fraction of sp³-hybridized carbons (Fsp3) is 0.345. The van der Waals surface area contributed by atoms with E-state index in [1.54, 1.807) is 0 Å². The summed E-state index contributed by atoms with van der Waals surface area (Å²) in [6.45, 7) is 8.20. The number of anilines is 1. The van der Waals surface area contributed by atoms with Crippen molar-refractivity contribution in [2.24, 2.45) is 0 Å². The zero-order valence-corrected chi connectivity index (χ0v) is 19.9. The molecule has 0 radical (unpaired) electrons. The van der Waals surface area contributed by atoms with Crippen molar-refractivity contribution in [1.82, 2.24) is 10.2 Å². The van der Waals surface area contributed by atoms with Gasteiger partial charge in [0.15, 0.2) is 0 Å². The third kappa shape index (κ3) is 5.49. The highest BCUT2D eigenvalue weighted by Crippen LogP contribution is 2.24. The summed E-state index contributed by atoms with van der Waals surface area (Å²) in [6.07, 6.45) is 1.34. The Labute approximate surface area is 202 Å². The molecule has 0 bridgehead atoms.